The maximum Gasteiger partial charge on any atom is 0.313 e. The van der Waals surface area contributed by atoms with E-state index in [-0.39, 0.29) is 19.6 Å². The summed E-state index contributed by atoms with van der Waals surface area (Å²) in [6.07, 6.45) is 76.3. The molecule has 1 heterocycles. The summed E-state index contributed by atoms with van der Waals surface area (Å²) in [7, 11) is 0. The maximum atomic E-state index is 12.5. The highest BCUT2D eigenvalue weighted by Gasteiger charge is 2.36. The molecule has 0 saturated carbocycles. The smallest absolute Gasteiger partial charge is 0.313 e. The molecule has 1 saturated heterocycles. The van der Waals surface area contributed by atoms with Crippen molar-refractivity contribution in [2.45, 2.75) is 341 Å². The first-order valence-corrected chi connectivity index (χ1v) is 31.3. The lowest BCUT2D eigenvalue weighted by Gasteiger charge is -2.27. The number of aliphatic hydroxyl groups excluding tert-OH is 2. The lowest BCUT2D eigenvalue weighted by atomic mass is 9.92. The first-order chi connectivity index (χ1) is 34.1. The molecule has 0 spiro atoms. The minimum atomic E-state index is -1.15. The summed E-state index contributed by atoms with van der Waals surface area (Å²) in [5, 5.41) is 19.2. The Hall–Kier alpha value is -1.40. The van der Waals surface area contributed by atoms with Crippen molar-refractivity contribution >= 4 is 11.9 Å². The van der Waals surface area contributed by atoms with Gasteiger partial charge < -0.3 is 19.7 Å². The van der Waals surface area contributed by atoms with Gasteiger partial charge in [0, 0.05) is 0 Å². The van der Waals surface area contributed by atoms with Crippen LogP contribution in [0.2, 0.25) is 0 Å². The van der Waals surface area contributed by atoms with Gasteiger partial charge in [0.1, 0.15) is 13.2 Å². The van der Waals surface area contributed by atoms with Crippen molar-refractivity contribution in [1.29, 1.82) is 0 Å². The predicted molar refractivity (Wildman–Crippen MR) is 297 cm³/mol. The highest BCUT2D eigenvalue weighted by Crippen LogP contribution is 2.24. The Morgan fingerprint density at radius 1 is 0.377 bits per heavy atom. The summed E-state index contributed by atoms with van der Waals surface area (Å²) in [4.78, 5) is 24.7. The minimum Gasteiger partial charge on any atom is -0.465 e. The number of carbonyl (C=O) groups excluding carboxylic acids is 2. The van der Waals surface area contributed by atoms with Crippen LogP contribution in [-0.4, -0.2) is 48.6 Å². The fourth-order valence-corrected chi connectivity index (χ4v) is 10.4. The van der Waals surface area contributed by atoms with Crippen LogP contribution in [-0.2, 0) is 19.1 Å². The number of esters is 2. The van der Waals surface area contributed by atoms with Gasteiger partial charge in [0.2, 0.25) is 0 Å². The second-order valence-electron chi connectivity index (χ2n) is 22.4. The number of cyclic esters (lactones) is 2. The molecule has 0 bridgehead atoms. The Bertz CT molecular complexity index is 1090. The van der Waals surface area contributed by atoms with Crippen LogP contribution in [0.3, 0.4) is 0 Å². The molecule has 1 unspecified atom stereocenters. The standard InChI is InChI=1S/C63H120O6/c1-2-3-4-5-6-7-8-9-10-11-12-13-14-15-16-17-18-19-20-21-22-23-24-25-26-27-28-29-30-31-32-33-34-35-36-37-38-39-40-41-42-43-44-45-46-47-48-49-50-51-52-53-54-60-55-61(66)68-58-63(56-64,57-65)59-69-62(60)67/h53-54,60,64-65H,2-52,55-59H2,1H3/b54-53+. The summed E-state index contributed by atoms with van der Waals surface area (Å²) in [5.74, 6) is -1.71. The van der Waals surface area contributed by atoms with E-state index in [1.54, 1.807) is 6.08 Å². The molecule has 6 heteroatoms. The van der Waals surface area contributed by atoms with Gasteiger partial charge in [0.15, 0.2) is 0 Å². The van der Waals surface area contributed by atoms with Crippen LogP contribution < -0.4 is 0 Å². The molecule has 6 nitrogen and oxygen atoms in total. The van der Waals surface area contributed by atoms with Gasteiger partial charge >= 0.3 is 11.9 Å². The van der Waals surface area contributed by atoms with Gasteiger partial charge in [-0.3, -0.25) is 9.59 Å². The number of unbranched alkanes of at least 4 members (excludes halogenated alkanes) is 50. The molecule has 2 N–H and O–H groups in total. The second-order valence-corrected chi connectivity index (χ2v) is 22.4. The molecule has 1 atom stereocenters. The zero-order valence-electron chi connectivity index (χ0n) is 46.4. The molecular formula is C63H120O6. The molecule has 69 heavy (non-hydrogen) atoms. The number of carbonyl (C=O) groups is 2. The maximum absolute atomic E-state index is 12.5. The Morgan fingerprint density at radius 2 is 0.609 bits per heavy atom. The van der Waals surface area contributed by atoms with Crippen molar-refractivity contribution in [2.75, 3.05) is 26.4 Å². The van der Waals surface area contributed by atoms with Gasteiger partial charge in [-0.1, -0.05) is 334 Å². The number of hydrogen-bond donors (Lipinski definition) is 2. The van der Waals surface area contributed by atoms with Gasteiger partial charge in [0.05, 0.1) is 31.0 Å². The van der Waals surface area contributed by atoms with Gasteiger partial charge in [-0.25, -0.2) is 0 Å². The van der Waals surface area contributed by atoms with Gasteiger partial charge in [-0.05, 0) is 12.8 Å². The fraction of sp³-hybridized carbons (Fsp3) is 0.937. The molecule has 0 aliphatic carbocycles. The highest BCUT2D eigenvalue weighted by molar-refractivity contribution is 5.81. The molecule has 1 aliphatic rings. The molecule has 0 aromatic heterocycles. The van der Waals surface area contributed by atoms with E-state index in [1.165, 1.54) is 315 Å². The summed E-state index contributed by atoms with van der Waals surface area (Å²) in [5.41, 5.74) is -1.15. The van der Waals surface area contributed by atoms with Crippen LogP contribution in [0.25, 0.3) is 0 Å². The second kappa shape index (κ2) is 52.9. The molecule has 0 amide bonds. The molecular weight excluding hydrogens is 853 g/mol. The third-order valence-electron chi connectivity index (χ3n) is 15.5. The van der Waals surface area contributed by atoms with E-state index >= 15 is 0 Å². The van der Waals surface area contributed by atoms with E-state index in [0.717, 1.165) is 12.8 Å². The summed E-state index contributed by atoms with van der Waals surface area (Å²) >= 11 is 0. The fourth-order valence-electron chi connectivity index (χ4n) is 10.4. The zero-order chi connectivity index (χ0) is 49.7. The Labute approximate surface area is 430 Å². The van der Waals surface area contributed by atoms with Gasteiger partial charge in [-0.15, -0.1) is 0 Å². The lowest BCUT2D eigenvalue weighted by Crippen LogP contribution is -2.40. The normalized spacial score (nSPS) is 15.4. The predicted octanol–water partition coefficient (Wildman–Crippen LogP) is 19.5. The Morgan fingerprint density at radius 3 is 0.855 bits per heavy atom. The molecule has 0 aromatic rings. The first kappa shape index (κ1) is 65.6. The van der Waals surface area contributed by atoms with Gasteiger partial charge in [-0.2, -0.15) is 0 Å². The third-order valence-corrected chi connectivity index (χ3v) is 15.5. The number of rotatable bonds is 54. The first-order valence-electron chi connectivity index (χ1n) is 31.3. The average molecular weight is 974 g/mol. The van der Waals surface area contributed by atoms with E-state index in [1.807, 2.05) is 6.08 Å². The summed E-state index contributed by atoms with van der Waals surface area (Å²) in [6.45, 7) is 1.12. The summed E-state index contributed by atoms with van der Waals surface area (Å²) in [6, 6.07) is 0. The zero-order valence-corrected chi connectivity index (χ0v) is 46.4. The van der Waals surface area contributed by atoms with Crippen molar-refractivity contribution in [2.24, 2.45) is 11.3 Å². The van der Waals surface area contributed by atoms with E-state index in [4.69, 9.17) is 9.47 Å². The van der Waals surface area contributed by atoms with Crippen LogP contribution in [0, 0.1) is 11.3 Å². The highest BCUT2D eigenvalue weighted by atomic mass is 16.6. The van der Waals surface area contributed by atoms with Crippen LogP contribution >= 0.6 is 0 Å². The number of hydrogen-bond acceptors (Lipinski definition) is 6. The molecule has 1 aliphatic heterocycles. The van der Waals surface area contributed by atoms with Crippen molar-refractivity contribution in [1.82, 2.24) is 0 Å². The van der Waals surface area contributed by atoms with Gasteiger partial charge in [0.25, 0.3) is 0 Å². The minimum absolute atomic E-state index is 0.0812. The quantitative estimate of drug-likeness (QED) is 0.0358. The Kier molecular flexibility index (Phi) is 50.3. The number of aliphatic hydroxyl groups is 2. The molecule has 0 aromatic carbocycles. The van der Waals surface area contributed by atoms with Crippen LogP contribution in [0.5, 0.6) is 0 Å². The SMILES string of the molecule is CCCCCCCCCCCCCCCCCCCCCCCCCCCCCCCCCCCCCCCCCCCCCCCCCCCC/C=C/C1CC(=O)OCC(CO)(CO)COC1=O. The van der Waals surface area contributed by atoms with Crippen molar-refractivity contribution in [3.05, 3.63) is 12.2 Å². The molecule has 408 valence electrons. The van der Waals surface area contributed by atoms with Crippen LogP contribution in [0.15, 0.2) is 12.2 Å². The number of ether oxygens (including phenoxy) is 2. The third kappa shape index (κ3) is 45.0. The van der Waals surface area contributed by atoms with Crippen LogP contribution in [0.4, 0.5) is 0 Å². The molecule has 0 radical (unpaired) electrons. The van der Waals surface area contributed by atoms with E-state index < -0.39 is 36.5 Å². The Balaban J connectivity index is 1.68. The molecule has 1 rings (SSSR count). The van der Waals surface area contributed by atoms with E-state index in [2.05, 4.69) is 6.92 Å². The monoisotopic (exact) mass is 973 g/mol. The van der Waals surface area contributed by atoms with E-state index in [9.17, 15) is 19.8 Å². The largest absolute Gasteiger partial charge is 0.465 e. The van der Waals surface area contributed by atoms with Crippen LogP contribution in [0.1, 0.15) is 341 Å². The van der Waals surface area contributed by atoms with Crippen molar-refractivity contribution in [3.63, 3.8) is 0 Å². The van der Waals surface area contributed by atoms with Crippen molar-refractivity contribution < 1.29 is 29.3 Å². The topological polar surface area (TPSA) is 93.1 Å². The number of allylic oxidation sites excluding steroid dienone is 1. The average Bonchev–Trinajstić information content (AvgIpc) is 3.41. The summed E-state index contributed by atoms with van der Waals surface area (Å²) < 4.78 is 10.5. The van der Waals surface area contributed by atoms with Crippen molar-refractivity contribution in [3.8, 4) is 0 Å². The van der Waals surface area contributed by atoms with E-state index in [0.29, 0.717) is 0 Å². The lowest BCUT2D eigenvalue weighted by molar-refractivity contribution is -0.153. The molecule has 1 fully saturated rings.